The van der Waals surface area contributed by atoms with Crippen LogP contribution < -0.4 is 5.32 Å². The molecule has 0 radical (unpaired) electrons. The largest absolute Gasteiger partial charge is 0.418 e. The molecule has 0 aliphatic carbocycles. The molecule has 1 amide bonds. The first-order valence-corrected chi connectivity index (χ1v) is 6.83. The SMILES string of the molecule is CC(=O)CC(=O)Nc1ccc(-c2ccccc2)cc1C(F)(F)F. The Bertz CT molecular complexity index is 724. The normalized spacial score (nSPS) is 11.1. The molecule has 0 fully saturated rings. The van der Waals surface area contributed by atoms with Gasteiger partial charge < -0.3 is 5.32 Å². The third kappa shape index (κ3) is 4.42. The summed E-state index contributed by atoms with van der Waals surface area (Å²) < 4.78 is 39.7. The molecule has 120 valence electrons. The maximum Gasteiger partial charge on any atom is 0.418 e. The highest BCUT2D eigenvalue weighted by Gasteiger charge is 2.34. The molecule has 0 bridgehead atoms. The van der Waals surface area contributed by atoms with Gasteiger partial charge in [-0.15, -0.1) is 0 Å². The van der Waals surface area contributed by atoms with Gasteiger partial charge >= 0.3 is 6.18 Å². The number of hydrogen-bond donors (Lipinski definition) is 1. The maximum absolute atomic E-state index is 13.2. The van der Waals surface area contributed by atoms with Crippen LogP contribution in [0.15, 0.2) is 48.5 Å². The summed E-state index contributed by atoms with van der Waals surface area (Å²) in [5.74, 6) is -1.19. The summed E-state index contributed by atoms with van der Waals surface area (Å²) >= 11 is 0. The van der Waals surface area contributed by atoms with Gasteiger partial charge in [0.2, 0.25) is 5.91 Å². The zero-order chi connectivity index (χ0) is 17.0. The van der Waals surface area contributed by atoms with Crippen LogP contribution in [0.4, 0.5) is 18.9 Å². The highest BCUT2D eigenvalue weighted by molar-refractivity contribution is 6.04. The number of amides is 1. The molecular weight excluding hydrogens is 307 g/mol. The molecule has 0 spiro atoms. The van der Waals surface area contributed by atoms with Crippen LogP contribution in [0.2, 0.25) is 0 Å². The second kappa shape index (κ2) is 6.64. The third-order valence-corrected chi connectivity index (χ3v) is 3.12. The van der Waals surface area contributed by atoms with E-state index >= 15 is 0 Å². The topological polar surface area (TPSA) is 46.2 Å². The minimum absolute atomic E-state index is 0.358. The van der Waals surface area contributed by atoms with E-state index in [0.717, 1.165) is 6.07 Å². The first-order chi connectivity index (χ1) is 10.8. The number of carbonyl (C=O) groups is 2. The average Bonchev–Trinajstić information content (AvgIpc) is 2.46. The van der Waals surface area contributed by atoms with E-state index in [2.05, 4.69) is 5.32 Å². The summed E-state index contributed by atoms with van der Waals surface area (Å²) in [6.45, 7) is 1.20. The maximum atomic E-state index is 13.2. The van der Waals surface area contributed by atoms with Gasteiger partial charge in [0.15, 0.2) is 0 Å². The van der Waals surface area contributed by atoms with E-state index in [9.17, 15) is 22.8 Å². The molecule has 23 heavy (non-hydrogen) atoms. The first kappa shape index (κ1) is 16.7. The number of alkyl halides is 3. The molecule has 0 saturated heterocycles. The Labute approximate surface area is 131 Å². The van der Waals surface area contributed by atoms with Gasteiger partial charge in [-0.05, 0) is 30.2 Å². The van der Waals surface area contributed by atoms with Gasteiger partial charge in [0.1, 0.15) is 5.78 Å². The van der Waals surface area contributed by atoms with Crippen molar-refractivity contribution >= 4 is 17.4 Å². The highest BCUT2D eigenvalue weighted by Crippen LogP contribution is 2.37. The fourth-order valence-electron chi connectivity index (χ4n) is 2.12. The average molecular weight is 321 g/mol. The Morgan fingerprint density at radius 3 is 2.22 bits per heavy atom. The lowest BCUT2D eigenvalue weighted by atomic mass is 10.0. The zero-order valence-electron chi connectivity index (χ0n) is 12.3. The monoisotopic (exact) mass is 321 g/mol. The van der Waals surface area contributed by atoms with E-state index in [1.807, 2.05) is 0 Å². The molecule has 0 atom stereocenters. The number of carbonyl (C=O) groups excluding carboxylic acids is 2. The van der Waals surface area contributed by atoms with Crippen molar-refractivity contribution in [2.45, 2.75) is 19.5 Å². The van der Waals surface area contributed by atoms with Crippen molar-refractivity contribution in [2.24, 2.45) is 0 Å². The Morgan fingerprint density at radius 1 is 1.00 bits per heavy atom. The zero-order valence-corrected chi connectivity index (χ0v) is 12.3. The van der Waals surface area contributed by atoms with Crippen LogP contribution in [-0.4, -0.2) is 11.7 Å². The van der Waals surface area contributed by atoms with Gasteiger partial charge in [-0.25, -0.2) is 0 Å². The van der Waals surface area contributed by atoms with Crippen LogP contribution in [0, 0.1) is 0 Å². The van der Waals surface area contributed by atoms with Crippen LogP contribution in [0.25, 0.3) is 11.1 Å². The molecular formula is C17H14F3NO2. The van der Waals surface area contributed by atoms with Gasteiger partial charge in [-0.3, -0.25) is 9.59 Å². The number of anilines is 1. The number of hydrogen-bond acceptors (Lipinski definition) is 2. The lowest BCUT2D eigenvalue weighted by Gasteiger charge is -2.15. The van der Waals surface area contributed by atoms with Crippen molar-refractivity contribution in [1.29, 1.82) is 0 Å². The van der Waals surface area contributed by atoms with Crippen LogP contribution >= 0.6 is 0 Å². The molecule has 0 aromatic heterocycles. The number of halogens is 3. The van der Waals surface area contributed by atoms with E-state index < -0.39 is 29.9 Å². The standard InChI is InChI=1S/C17H14F3NO2/c1-11(22)9-16(23)21-15-8-7-13(10-14(15)17(18,19)20)12-5-3-2-4-6-12/h2-8,10H,9H2,1H3,(H,21,23). The Balaban J connectivity index is 2.40. The minimum Gasteiger partial charge on any atom is -0.325 e. The van der Waals surface area contributed by atoms with E-state index in [1.165, 1.54) is 19.1 Å². The van der Waals surface area contributed by atoms with Crippen molar-refractivity contribution in [3.63, 3.8) is 0 Å². The molecule has 2 rings (SSSR count). The van der Waals surface area contributed by atoms with Crippen molar-refractivity contribution in [2.75, 3.05) is 5.32 Å². The second-order valence-corrected chi connectivity index (χ2v) is 5.05. The predicted octanol–water partition coefficient (Wildman–Crippen LogP) is 4.29. The minimum atomic E-state index is -4.62. The predicted molar refractivity (Wildman–Crippen MR) is 80.8 cm³/mol. The summed E-state index contributed by atoms with van der Waals surface area (Å²) in [6.07, 6.45) is -5.08. The Kier molecular flexibility index (Phi) is 4.83. The van der Waals surface area contributed by atoms with Crippen LogP contribution in [-0.2, 0) is 15.8 Å². The first-order valence-electron chi connectivity index (χ1n) is 6.83. The molecule has 0 aliphatic heterocycles. The molecule has 0 heterocycles. The van der Waals surface area contributed by atoms with Crippen molar-refractivity contribution in [3.8, 4) is 11.1 Å². The van der Waals surface area contributed by atoms with Crippen molar-refractivity contribution < 1.29 is 22.8 Å². The van der Waals surface area contributed by atoms with Gasteiger partial charge in [0.05, 0.1) is 17.7 Å². The molecule has 0 aliphatic rings. The number of ketones is 1. The third-order valence-electron chi connectivity index (χ3n) is 3.12. The number of Topliss-reactive ketones (excluding diaryl/α,β-unsaturated/α-hetero) is 1. The summed E-state index contributed by atoms with van der Waals surface area (Å²) in [5.41, 5.74) is -0.277. The van der Waals surface area contributed by atoms with Crippen molar-refractivity contribution in [3.05, 3.63) is 54.1 Å². The summed E-state index contributed by atoms with van der Waals surface area (Å²) in [5, 5.41) is 2.15. The number of benzene rings is 2. The van der Waals surface area contributed by atoms with E-state index in [-0.39, 0.29) is 5.69 Å². The van der Waals surface area contributed by atoms with Crippen LogP contribution in [0.3, 0.4) is 0 Å². The summed E-state index contributed by atoms with van der Waals surface area (Å²) in [4.78, 5) is 22.4. The van der Waals surface area contributed by atoms with Crippen molar-refractivity contribution in [1.82, 2.24) is 0 Å². The van der Waals surface area contributed by atoms with E-state index in [1.54, 1.807) is 30.3 Å². The van der Waals surface area contributed by atoms with Gasteiger partial charge in [0.25, 0.3) is 0 Å². The smallest absolute Gasteiger partial charge is 0.325 e. The Morgan fingerprint density at radius 2 is 1.65 bits per heavy atom. The van der Waals surface area contributed by atoms with Crippen LogP contribution in [0.1, 0.15) is 18.9 Å². The Hall–Kier alpha value is -2.63. The lowest BCUT2D eigenvalue weighted by molar-refractivity contribution is -0.136. The van der Waals surface area contributed by atoms with E-state index in [0.29, 0.717) is 11.1 Å². The summed E-state index contributed by atoms with van der Waals surface area (Å²) in [6, 6.07) is 12.3. The lowest BCUT2D eigenvalue weighted by Crippen LogP contribution is -2.18. The molecule has 1 N–H and O–H groups in total. The van der Waals surface area contributed by atoms with Crippen LogP contribution in [0.5, 0.6) is 0 Å². The molecule has 2 aromatic rings. The molecule has 0 saturated carbocycles. The quantitative estimate of drug-likeness (QED) is 0.854. The number of rotatable bonds is 4. The molecule has 0 unspecified atom stereocenters. The molecule has 6 heteroatoms. The molecule has 2 aromatic carbocycles. The summed E-state index contributed by atoms with van der Waals surface area (Å²) in [7, 11) is 0. The fourth-order valence-corrected chi connectivity index (χ4v) is 2.12. The van der Waals surface area contributed by atoms with Gasteiger partial charge in [-0.1, -0.05) is 36.4 Å². The second-order valence-electron chi connectivity index (χ2n) is 5.05. The van der Waals surface area contributed by atoms with E-state index in [4.69, 9.17) is 0 Å². The molecule has 3 nitrogen and oxygen atoms in total. The van der Waals surface area contributed by atoms with Gasteiger partial charge in [-0.2, -0.15) is 13.2 Å². The fraction of sp³-hybridized carbons (Fsp3) is 0.176. The van der Waals surface area contributed by atoms with Gasteiger partial charge in [0, 0.05) is 0 Å². The highest BCUT2D eigenvalue weighted by atomic mass is 19.4. The number of nitrogens with one attached hydrogen (secondary N) is 1.